The van der Waals surface area contributed by atoms with E-state index in [-0.39, 0.29) is 11.8 Å². The first-order chi connectivity index (χ1) is 10.6. The fourth-order valence-corrected chi connectivity index (χ4v) is 1.98. The maximum absolute atomic E-state index is 12.1. The van der Waals surface area contributed by atoms with Crippen LogP contribution in [0.25, 0.3) is 0 Å². The van der Waals surface area contributed by atoms with Gasteiger partial charge in [-0.15, -0.1) is 0 Å². The predicted molar refractivity (Wildman–Crippen MR) is 86.0 cm³/mol. The number of benzene rings is 1. The molecule has 0 aliphatic heterocycles. The second kappa shape index (κ2) is 7.36. The molecule has 0 radical (unpaired) electrons. The number of amides is 2. The van der Waals surface area contributed by atoms with Gasteiger partial charge in [-0.25, -0.2) is 4.79 Å². The molecule has 1 N–H and O–H groups in total. The molecule has 2 rings (SSSR count). The SMILES string of the molecule is CC(=O)c1cccc(NC(=O)N(C)CCc2ccncc2)c1. The minimum Gasteiger partial charge on any atom is -0.327 e. The van der Waals surface area contributed by atoms with E-state index in [4.69, 9.17) is 0 Å². The quantitative estimate of drug-likeness (QED) is 0.863. The van der Waals surface area contributed by atoms with Gasteiger partial charge in [0.05, 0.1) is 0 Å². The summed E-state index contributed by atoms with van der Waals surface area (Å²) in [5.74, 6) is -0.0258. The second-order valence-corrected chi connectivity index (χ2v) is 5.09. The third-order valence-corrected chi connectivity index (χ3v) is 3.35. The van der Waals surface area contributed by atoms with E-state index in [9.17, 15) is 9.59 Å². The Balaban J connectivity index is 1.91. The van der Waals surface area contributed by atoms with Crippen LogP contribution in [0.2, 0.25) is 0 Å². The van der Waals surface area contributed by atoms with Crippen molar-refractivity contribution in [1.82, 2.24) is 9.88 Å². The van der Waals surface area contributed by atoms with Crippen LogP contribution in [0.4, 0.5) is 10.5 Å². The first-order valence-electron chi connectivity index (χ1n) is 7.08. The number of carbonyl (C=O) groups is 2. The van der Waals surface area contributed by atoms with E-state index in [1.165, 1.54) is 6.92 Å². The van der Waals surface area contributed by atoms with Gasteiger partial charge in [-0.1, -0.05) is 12.1 Å². The van der Waals surface area contributed by atoms with Gasteiger partial charge in [-0.05, 0) is 43.2 Å². The van der Waals surface area contributed by atoms with Gasteiger partial charge in [0.25, 0.3) is 0 Å². The second-order valence-electron chi connectivity index (χ2n) is 5.09. The molecule has 0 spiro atoms. The number of hydrogen-bond donors (Lipinski definition) is 1. The van der Waals surface area contributed by atoms with Crippen molar-refractivity contribution < 1.29 is 9.59 Å². The van der Waals surface area contributed by atoms with Crippen LogP contribution in [-0.2, 0) is 6.42 Å². The Kier molecular flexibility index (Phi) is 5.25. The van der Waals surface area contributed by atoms with Gasteiger partial charge in [0.1, 0.15) is 0 Å². The van der Waals surface area contributed by atoms with Crippen LogP contribution in [0, 0.1) is 0 Å². The minimum absolute atomic E-state index is 0.0258. The molecule has 114 valence electrons. The van der Waals surface area contributed by atoms with E-state index in [0.717, 1.165) is 12.0 Å². The van der Waals surface area contributed by atoms with E-state index in [0.29, 0.717) is 17.8 Å². The molecule has 1 aromatic carbocycles. The summed E-state index contributed by atoms with van der Waals surface area (Å²) in [5, 5.41) is 2.80. The highest BCUT2D eigenvalue weighted by Gasteiger charge is 2.09. The summed E-state index contributed by atoms with van der Waals surface area (Å²) in [6.07, 6.45) is 4.24. The Hall–Kier alpha value is -2.69. The van der Waals surface area contributed by atoms with Crippen molar-refractivity contribution in [2.24, 2.45) is 0 Å². The number of likely N-dealkylation sites (N-methyl/N-ethyl adjacent to an activating group) is 1. The summed E-state index contributed by atoms with van der Waals surface area (Å²) in [4.78, 5) is 29.1. The average molecular weight is 297 g/mol. The monoisotopic (exact) mass is 297 g/mol. The van der Waals surface area contributed by atoms with Crippen LogP contribution >= 0.6 is 0 Å². The number of rotatable bonds is 5. The van der Waals surface area contributed by atoms with Crippen molar-refractivity contribution in [2.75, 3.05) is 18.9 Å². The van der Waals surface area contributed by atoms with Crippen LogP contribution < -0.4 is 5.32 Å². The van der Waals surface area contributed by atoms with Gasteiger partial charge < -0.3 is 10.2 Å². The summed E-state index contributed by atoms with van der Waals surface area (Å²) in [6, 6.07) is 10.6. The number of anilines is 1. The number of Topliss-reactive ketones (excluding diaryl/α,β-unsaturated/α-hetero) is 1. The molecule has 0 saturated carbocycles. The molecule has 0 bridgehead atoms. The van der Waals surface area contributed by atoms with Gasteiger partial charge in [0, 0.05) is 37.2 Å². The summed E-state index contributed by atoms with van der Waals surface area (Å²) in [7, 11) is 1.74. The molecule has 5 heteroatoms. The lowest BCUT2D eigenvalue weighted by atomic mass is 10.1. The summed E-state index contributed by atoms with van der Waals surface area (Å²) in [6.45, 7) is 2.10. The number of urea groups is 1. The maximum atomic E-state index is 12.1. The largest absolute Gasteiger partial charge is 0.327 e. The van der Waals surface area contributed by atoms with Gasteiger partial charge in [-0.3, -0.25) is 9.78 Å². The van der Waals surface area contributed by atoms with Crippen LogP contribution in [0.3, 0.4) is 0 Å². The first kappa shape index (κ1) is 15.7. The van der Waals surface area contributed by atoms with Gasteiger partial charge in [0.2, 0.25) is 0 Å². The molecule has 22 heavy (non-hydrogen) atoms. The van der Waals surface area contributed by atoms with E-state index in [1.807, 2.05) is 12.1 Å². The Morgan fingerprint density at radius 3 is 2.59 bits per heavy atom. The van der Waals surface area contributed by atoms with E-state index in [2.05, 4.69) is 10.3 Å². The van der Waals surface area contributed by atoms with Gasteiger partial charge >= 0.3 is 6.03 Å². The Bertz CT molecular complexity index is 656. The van der Waals surface area contributed by atoms with Crippen LogP contribution in [0.1, 0.15) is 22.8 Å². The molecular weight excluding hydrogens is 278 g/mol. The standard InChI is InChI=1S/C17H19N3O2/c1-13(21)15-4-3-5-16(12-15)19-17(22)20(2)11-8-14-6-9-18-10-7-14/h3-7,9-10,12H,8,11H2,1-2H3,(H,19,22). The molecule has 1 aromatic heterocycles. The number of carbonyl (C=O) groups excluding carboxylic acids is 2. The number of hydrogen-bond acceptors (Lipinski definition) is 3. The summed E-state index contributed by atoms with van der Waals surface area (Å²) in [5.41, 5.74) is 2.33. The molecule has 2 amide bonds. The van der Waals surface area contributed by atoms with E-state index in [1.54, 1.807) is 48.6 Å². The molecular formula is C17H19N3O2. The third kappa shape index (κ3) is 4.41. The minimum atomic E-state index is -0.199. The number of pyridine rings is 1. The van der Waals surface area contributed by atoms with E-state index >= 15 is 0 Å². The molecule has 2 aromatic rings. The zero-order valence-electron chi connectivity index (χ0n) is 12.7. The molecule has 0 saturated heterocycles. The van der Waals surface area contributed by atoms with Crippen LogP contribution in [-0.4, -0.2) is 35.3 Å². The lowest BCUT2D eigenvalue weighted by Gasteiger charge is -2.18. The van der Waals surface area contributed by atoms with Gasteiger partial charge in [0.15, 0.2) is 5.78 Å². The number of nitrogens with zero attached hydrogens (tertiary/aromatic N) is 2. The van der Waals surface area contributed by atoms with Crippen molar-refractivity contribution in [1.29, 1.82) is 0 Å². The fourth-order valence-electron chi connectivity index (χ4n) is 1.98. The van der Waals surface area contributed by atoms with Gasteiger partial charge in [-0.2, -0.15) is 0 Å². The highest BCUT2D eigenvalue weighted by molar-refractivity contribution is 5.96. The molecule has 0 fully saturated rings. The number of nitrogens with one attached hydrogen (secondary N) is 1. The van der Waals surface area contributed by atoms with Crippen molar-refractivity contribution in [3.8, 4) is 0 Å². The molecule has 5 nitrogen and oxygen atoms in total. The number of aromatic nitrogens is 1. The molecule has 0 atom stereocenters. The Morgan fingerprint density at radius 1 is 1.18 bits per heavy atom. The predicted octanol–water partition coefficient (Wildman–Crippen LogP) is 2.99. The normalized spacial score (nSPS) is 10.1. The zero-order chi connectivity index (χ0) is 15.9. The molecule has 0 unspecified atom stereocenters. The van der Waals surface area contributed by atoms with E-state index < -0.39 is 0 Å². The summed E-state index contributed by atoms with van der Waals surface area (Å²) < 4.78 is 0. The lowest BCUT2D eigenvalue weighted by molar-refractivity contribution is 0.101. The first-order valence-corrected chi connectivity index (χ1v) is 7.08. The maximum Gasteiger partial charge on any atom is 0.321 e. The topological polar surface area (TPSA) is 62.3 Å². The molecule has 0 aliphatic rings. The van der Waals surface area contributed by atoms with Crippen molar-refractivity contribution in [3.63, 3.8) is 0 Å². The van der Waals surface area contributed by atoms with Crippen molar-refractivity contribution >= 4 is 17.5 Å². The number of ketones is 1. The highest BCUT2D eigenvalue weighted by atomic mass is 16.2. The third-order valence-electron chi connectivity index (χ3n) is 3.35. The molecule has 0 aliphatic carbocycles. The average Bonchev–Trinajstić information content (AvgIpc) is 2.53. The zero-order valence-corrected chi connectivity index (χ0v) is 12.7. The smallest absolute Gasteiger partial charge is 0.321 e. The molecule has 1 heterocycles. The lowest BCUT2D eigenvalue weighted by Crippen LogP contribution is -2.33. The van der Waals surface area contributed by atoms with Crippen molar-refractivity contribution in [3.05, 3.63) is 59.9 Å². The van der Waals surface area contributed by atoms with Crippen molar-refractivity contribution in [2.45, 2.75) is 13.3 Å². The Labute approximate surface area is 130 Å². The highest BCUT2D eigenvalue weighted by Crippen LogP contribution is 2.12. The fraction of sp³-hybridized carbons (Fsp3) is 0.235. The summed E-state index contributed by atoms with van der Waals surface area (Å²) >= 11 is 0. The Morgan fingerprint density at radius 2 is 1.91 bits per heavy atom. The van der Waals surface area contributed by atoms with Crippen LogP contribution in [0.5, 0.6) is 0 Å². The van der Waals surface area contributed by atoms with Crippen LogP contribution in [0.15, 0.2) is 48.8 Å².